The molecule has 12 nitrogen and oxygen atoms in total. The summed E-state index contributed by atoms with van der Waals surface area (Å²) in [6.45, 7) is 10.4. The third kappa shape index (κ3) is 23.9. The van der Waals surface area contributed by atoms with Crippen molar-refractivity contribution in [2.45, 2.75) is 80.6 Å². The molecule has 0 saturated heterocycles. The zero-order valence-corrected chi connectivity index (χ0v) is 52.6. The van der Waals surface area contributed by atoms with Gasteiger partial charge in [-0.15, -0.1) is 35.3 Å². The molecule has 0 aliphatic rings. The topological polar surface area (TPSA) is 208 Å². The van der Waals surface area contributed by atoms with Gasteiger partial charge in [0.2, 0.25) is 15.8 Å². The number of nitrogens with one attached hydrogen (secondary N) is 2. The number of sulfonamides is 2. The van der Waals surface area contributed by atoms with Gasteiger partial charge in [-0.05, 0) is 91.9 Å². The molecule has 0 radical (unpaired) electrons. The van der Waals surface area contributed by atoms with Gasteiger partial charge in [-0.25, -0.2) is 21.6 Å². The first-order valence-electron chi connectivity index (χ1n) is 25.7. The summed E-state index contributed by atoms with van der Waals surface area (Å²) in [4.78, 5) is 11.0. The first-order chi connectivity index (χ1) is 39.3. The molecule has 5 atom stereocenters. The van der Waals surface area contributed by atoms with E-state index in [2.05, 4.69) is 64.2 Å². The van der Waals surface area contributed by atoms with Gasteiger partial charge in [0, 0.05) is 4.90 Å². The molecule has 2 aromatic heterocycles. The molecule has 0 amide bonds. The Labute approximate surface area is 515 Å². The fourth-order valence-corrected chi connectivity index (χ4v) is 10.2. The van der Waals surface area contributed by atoms with E-state index in [4.69, 9.17) is 48.6 Å². The van der Waals surface area contributed by atoms with E-state index in [1.165, 1.54) is 23.7 Å². The minimum absolute atomic E-state index is 0. The van der Waals surface area contributed by atoms with Gasteiger partial charge >= 0.3 is 27.0 Å². The standard InChI is InChI=1S/C21H22N2O2S.C21H20N2O2S.C10H14.C6H7ClO2.C6H5ClO2.CH3.ClH.Ru/c2*1-16-12-14-19(15-13-16)26(24,25)23-21(18-10-6-3-7-11-18)20(22)17-8-4-2-5-9-17;1-8(2)10-6-4-9(3)5-7-10;2*7-4-5(8)6-2-1-3-9-6;;;/h2-15,20-21,23H,22H2,1H3;2-15,20-22H,1H3;4-8H,1-3H3;1-3,5,8H,4H2;1-3H,4H2;1H3;1H;/q;-2;;;;-1;;+4/p-1/t2*20-,21-;;5-;;;;/m11.1..../s1. The third-order valence-electron chi connectivity index (χ3n) is 12.2. The predicted molar refractivity (Wildman–Crippen MR) is 334 cm³/mol. The molecule has 9 rings (SSSR count). The fraction of sp³-hybridized carbons (Fsp3) is 0.200. The number of benzene rings is 7. The second-order valence-electron chi connectivity index (χ2n) is 18.7. The molecule has 7 aromatic carbocycles. The van der Waals surface area contributed by atoms with Crippen LogP contribution in [0.15, 0.2) is 250 Å². The number of halogens is 3. The Morgan fingerprint density at radius 3 is 1.42 bits per heavy atom. The number of aryl methyl sites for hydroxylation is 3. The first kappa shape index (κ1) is 71.2. The second kappa shape index (κ2) is 37.3. The molecular weight excluding hydrogens is 1240 g/mol. The third-order valence-corrected chi connectivity index (χ3v) is 15.5. The van der Waals surface area contributed by atoms with Crippen molar-refractivity contribution in [3.8, 4) is 0 Å². The van der Waals surface area contributed by atoms with E-state index in [-0.39, 0.29) is 34.8 Å². The van der Waals surface area contributed by atoms with Gasteiger partial charge in [0.25, 0.3) is 0 Å². The van der Waals surface area contributed by atoms with Crippen molar-refractivity contribution < 1.29 is 52.9 Å². The van der Waals surface area contributed by atoms with E-state index in [9.17, 15) is 21.6 Å². The van der Waals surface area contributed by atoms with Crippen LogP contribution >= 0.6 is 32.9 Å². The molecule has 0 fully saturated rings. The summed E-state index contributed by atoms with van der Waals surface area (Å²) in [6.07, 6.45) is 2.28. The number of nitrogens with zero attached hydrogens (tertiary/aromatic N) is 1. The van der Waals surface area contributed by atoms with Crippen LogP contribution in [0.3, 0.4) is 0 Å². The Bertz CT molecular complexity index is 3230. The van der Waals surface area contributed by atoms with Crippen LogP contribution in [0, 0.1) is 28.2 Å². The molecule has 0 unspecified atom stereocenters. The van der Waals surface area contributed by atoms with E-state index >= 15 is 0 Å². The summed E-state index contributed by atoms with van der Waals surface area (Å²) in [6, 6.07) is 63.2. The van der Waals surface area contributed by atoms with E-state index in [0.717, 1.165) is 27.8 Å². The summed E-state index contributed by atoms with van der Waals surface area (Å²) >= 11 is 12.4. The molecule has 440 valence electrons. The van der Waals surface area contributed by atoms with Crippen molar-refractivity contribution >= 4 is 58.7 Å². The van der Waals surface area contributed by atoms with Crippen LogP contribution in [0.25, 0.3) is 10.5 Å². The van der Waals surface area contributed by atoms with Crippen LogP contribution in [0.4, 0.5) is 0 Å². The van der Waals surface area contributed by atoms with E-state index in [1.807, 2.05) is 152 Å². The van der Waals surface area contributed by atoms with Crippen molar-refractivity contribution in [2.24, 2.45) is 5.73 Å². The maximum atomic E-state index is 12.9. The van der Waals surface area contributed by atoms with E-state index < -0.39 is 50.3 Å². The average molecular weight is 1310 g/mol. The first-order valence-corrected chi connectivity index (χ1v) is 32.0. The number of aliphatic hydroxyl groups is 1. The number of aliphatic hydroxyl groups excluding tert-OH is 1. The maximum absolute atomic E-state index is 12.9. The number of rotatable bonds is 17. The van der Waals surface area contributed by atoms with Gasteiger partial charge in [0.1, 0.15) is 21.9 Å². The van der Waals surface area contributed by atoms with Crippen molar-refractivity contribution in [1.82, 2.24) is 4.72 Å². The molecule has 0 aliphatic carbocycles. The normalized spacial score (nSPS) is 12.5. The molecule has 18 heteroatoms. The Morgan fingerprint density at radius 1 is 0.578 bits per heavy atom. The number of carbonyl (C=O) groups excluding carboxylic acids is 1. The van der Waals surface area contributed by atoms with Crippen LogP contribution in [0.2, 0.25) is 0 Å². The van der Waals surface area contributed by atoms with Crippen LogP contribution in [-0.2, 0) is 37.4 Å². The molecule has 0 aliphatic heterocycles. The van der Waals surface area contributed by atoms with Crippen LogP contribution < -0.4 is 10.5 Å². The number of hydrogen-bond acceptors (Lipinski definition) is 9. The number of furan rings is 2. The SMILES string of the molecule is Cc1ccc(C(C)C)cc1.Cc1ccc(S(=O)(=O)N[C@H](c2ccccc2)[C@H](N)c2ccccc2)cc1.Cc1ccc(S(=O)(=O)[N-][C@H](c2ccccc2)[C@H]([NH-])c2ccccc2)cc1.O=C(CCl)c1ccco1.O[C@H](CCl)c1ccco1.[CH3-].[Cl][Ru+3]. The molecule has 0 bridgehead atoms. The van der Waals surface area contributed by atoms with Gasteiger partial charge in [0.15, 0.2) is 5.76 Å². The number of Topliss-reactive ketones (excluding diaryl/α,β-unsaturated/α-hetero) is 1. The number of carbonyl (C=O) groups is 1. The van der Waals surface area contributed by atoms with E-state index in [1.54, 1.807) is 72.8 Å². The summed E-state index contributed by atoms with van der Waals surface area (Å²) in [7, 11) is -3.01. The zero-order valence-electron chi connectivity index (χ0n) is 47.0. The quantitative estimate of drug-likeness (QED) is 0.0342. The van der Waals surface area contributed by atoms with Gasteiger partial charge in [-0.2, -0.15) is 0 Å². The molecule has 83 heavy (non-hydrogen) atoms. The fourth-order valence-electron chi connectivity index (χ4n) is 7.57. The Hall–Kier alpha value is -6.04. The summed E-state index contributed by atoms with van der Waals surface area (Å²) in [5.41, 5.74) is 22.9. The minimum atomic E-state index is -3.87. The van der Waals surface area contributed by atoms with Gasteiger partial charge in [0.05, 0.1) is 41.3 Å². The number of ketones is 1. The monoisotopic (exact) mass is 1310 g/mol. The van der Waals surface area contributed by atoms with Gasteiger partial charge in [-0.3, -0.25) is 4.79 Å². The van der Waals surface area contributed by atoms with Crippen molar-refractivity contribution in [2.75, 3.05) is 11.8 Å². The molecule has 0 saturated carbocycles. The average Bonchev–Trinajstić information content (AvgIpc) is 4.35. The van der Waals surface area contributed by atoms with Crippen LogP contribution in [-0.4, -0.2) is 39.5 Å². The Balaban J connectivity index is 0.000000292. The van der Waals surface area contributed by atoms with Crippen molar-refractivity contribution in [3.63, 3.8) is 0 Å². The molecular formula is C65H71Cl3N4O8RuS2. The summed E-state index contributed by atoms with van der Waals surface area (Å²) in [5, 5.41) is 8.99. The predicted octanol–water partition coefficient (Wildman–Crippen LogP) is 16.8. The van der Waals surface area contributed by atoms with E-state index in [0.29, 0.717) is 23.0 Å². The van der Waals surface area contributed by atoms with Crippen molar-refractivity contribution in [1.29, 1.82) is 0 Å². The second-order valence-corrected chi connectivity index (χ2v) is 22.6. The van der Waals surface area contributed by atoms with Crippen LogP contribution in [0.5, 0.6) is 0 Å². The zero-order chi connectivity index (χ0) is 60.1. The van der Waals surface area contributed by atoms with Crippen molar-refractivity contribution in [3.05, 3.63) is 305 Å². The van der Waals surface area contributed by atoms with Gasteiger partial charge < -0.3 is 37.6 Å². The van der Waals surface area contributed by atoms with Gasteiger partial charge in [-0.1, -0.05) is 212 Å². The number of hydrogen-bond donors (Lipinski definition) is 3. The Morgan fingerprint density at radius 2 is 1.00 bits per heavy atom. The molecule has 5 N–H and O–H groups in total. The number of alkyl halides is 2. The Kier molecular flexibility index (Phi) is 32.0. The number of nitrogens with two attached hydrogens (primary N) is 1. The van der Waals surface area contributed by atoms with Crippen LogP contribution in [0.1, 0.15) is 111 Å². The summed E-state index contributed by atoms with van der Waals surface area (Å²) < 4.78 is 68.0. The molecule has 2 heterocycles. The molecule has 9 aromatic rings. The molecule has 0 spiro atoms. The summed E-state index contributed by atoms with van der Waals surface area (Å²) in [5.74, 6) is 1.47.